The Balaban J connectivity index is 2.01. The quantitative estimate of drug-likeness (QED) is 0.612. The van der Waals surface area contributed by atoms with E-state index in [-0.39, 0.29) is 16.1 Å². The molecule has 0 atom stereocenters. The number of carbonyl (C=O) groups is 1. The van der Waals surface area contributed by atoms with Crippen LogP contribution in [0.1, 0.15) is 10.4 Å². The van der Waals surface area contributed by atoms with E-state index in [0.29, 0.717) is 9.49 Å². The lowest BCUT2D eigenvalue weighted by molar-refractivity contribution is 0.0528. The molecule has 7 heteroatoms. The van der Waals surface area contributed by atoms with Gasteiger partial charge in [-0.1, -0.05) is 52.5 Å². The van der Waals surface area contributed by atoms with Crippen LogP contribution in [0.5, 0.6) is 0 Å². The Morgan fingerprint density at radius 3 is 1.92 bits per heavy atom. The monoisotopic (exact) mass is 387 g/mol. The first-order valence-electron chi connectivity index (χ1n) is 7.62. The molecule has 0 fully saturated rings. The number of nitrogens with zero attached hydrogens (tertiary/aromatic N) is 1. The van der Waals surface area contributed by atoms with Crippen molar-refractivity contribution < 1.29 is 18.0 Å². The van der Waals surface area contributed by atoms with Crippen molar-refractivity contribution in [3.63, 3.8) is 0 Å². The molecular weight excluding hydrogens is 374 g/mol. The largest absolute Gasteiger partial charge is 0.364 e. The van der Waals surface area contributed by atoms with Gasteiger partial charge >= 0.3 is 5.97 Å². The smallest absolute Gasteiger partial charge is 0.320 e. The Kier molecular flexibility index (Phi) is 5.25. The normalized spacial score (nSPS) is 11.0. The fraction of sp³-hybridized carbons (Fsp3) is 0. The number of carbonyl (C=O) groups excluding carboxylic acids is 1. The van der Waals surface area contributed by atoms with Crippen LogP contribution in [0.4, 0.5) is 5.69 Å². The number of para-hydroxylation sites is 1. The van der Waals surface area contributed by atoms with Crippen LogP contribution in [-0.4, -0.2) is 14.4 Å². The van der Waals surface area contributed by atoms with E-state index in [0.717, 1.165) is 0 Å². The summed E-state index contributed by atoms with van der Waals surface area (Å²) >= 11 is 5.83. The summed E-state index contributed by atoms with van der Waals surface area (Å²) in [6.45, 7) is 0. The molecular formula is C19H14ClNO4S. The summed E-state index contributed by atoms with van der Waals surface area (Å²) in [5.41, 5.74) is 0.437. The average Bonchev–Trinajstić information content (AvgIpc) is 2.67. The van der Waals surface area contributed by atoms with Gasteiger partial charge in [0.05, 0.1) is 16.1 Å². The minimum absolute atomic E-state index is 0.0494. The Labute approximate surface area is 156 Å². The van der Waals surface area contributed by atoms with Gasteiger partial charge in [0.1, 0.15) is 0 Å². The fourth-order valence-corrected chi connectivity index (χ4v) is 3.56. The maximum absolute atomic E-state index is 13.0. The Hall–Kier alpha value is -2.83. The van der Waals surface area contributed by atoms with Crippen LogP contribution in [0, 0.1) is 0 Å². The first-order valence-corrected chi connectivity index (χ1v) is 9.43. The van der Waals surface area contributed by atoms with Gasteiger partial charge in [0.15, 0.2) is 0 Å². The molecule has 132 valence electrons. The summed E-state index contributed by atoms with van der Waals surface area (Å²) in [5, 5.41) is 0.400. The maximum atomic E-state index is 13.0. The van der Waals surface area contributed by atoms with Crippen LogP contribution < -0.4 is 4.47 Å². The predicted octanol–water partition coefficient (Wildman–Crippen LogP) is 4.31. The third-order valence-electron chi connectivity index (χ3n) is 3.47. The van der Waals surface area contributed by atoms with Crippen molar-refractivity contribution in [1.82, 2.24) is 0 Å². The van der Waals surface area contributed by atoms with Crippen molar-refractivity contribution in [2.75, 3.05) is 4.47 Å². The third kappa shape index (κ3) is 3.87. The zero-order chi connectivity index (χ0) is 18.6. The van der Waals surface area contributed by atoms with Gasteiger partial charge in [-0.25, -0.2) is 4.79 Å². The number of rotatable bonds is 5. The summed E-state index contributed by atoms with van der Waals surface area (Å²) in [5.74, 6) is -0.785. The molecule has 0 saturated heterocycles. The molecule has 0 aliphatic heterocycles. The zero-order valence-electron chi connectivity index (χ0n) is 13.4. The average molecular weight is 388 g/mol. The number of hydrogen-bond donors (Lipinski definition) is 0. The fourth-order valence-electron chi connectivity index (χ4n) is 2.19. The molecule has 0 saturated carbocycles. The molecule has 26 heavy (non-hydrogen) atoms. The van der Waals surface area contributed by atoms with Crippen LogP contribution >= 0.6 is 11.6 Å². The summed E-state index contributed by atoms with van der Waals surface area (Å²) in [6.07, 6.45) is 0. The lowest BCUT2D eigenvalue weighted by atomic mass is 10.2. The van der Waals surface area contributed by atoms with E-state index in [2.05, 4.69) is 0 Å². The van der Waals surface area contributed by atoms with Crippen molar-refractivity contribution in [3.05, 3.63) is 95.5 Å². The first kappa shape index (κ1) is 18.0. The standard InChI is InChI=1S/C19H14ClNO4S/c20-16-11-13-18(14-12-16)26(23,24)21(17-9-5-2-6-10-17)25-19(22)15-7-3-1-4-8-15/h1-14H. The minimum Gasteiger partial charge on any atom is -0.320 e. The highest BCUT2D eigenvalue weighted by Gasteiger charge is 2.29. The van der Waals surface area contributed by atoms with Gasteiger partial charge in [-0.15, -0.1) is 0 Å². The second kappa shape index (κ2) is 7.59. The number of sulfonamides is 1. The van der Waals surface area contributed by atoms with E-state index < -0.39 is 16.0 Å². The van der Waals surface area contributed by atoms with Crippen molar-refractivity contribution in [2.24, 2.45) is 0 Å². The Bertz CT molecular complexity index is 991. The molecule has 0 aromatic heterocycles. The highest BCUT2D eigenvalue weighted by molar-refractivity contribution is 7.92. The highest BCUT2D eigenvalue weighted by Crippen LogP contribution is 2.25. The van der Waals surface area contributed by atoms with Crippen molar-refractivity contribution in [1.29, 1.82) is 0 Å². The van der Waals surface area contributed by atoms with Gasteiger partial charge in [-0.3, -0.25) is 0 Å². The molecule has 0 aliphatic carbocycles. The number of hydrogen-bond acceptors (Lipinski definition) is 4. The van der Waals surface area contributed by atoms with E-state index in [9.17, 15) is 13.2 Å². The molecule has 0 aliphatic rings. The molecule has 0 N–H and O–H groups in total. The topological polar surface area (TPSA) is 63.7 Å². The van der Waals surface area contributed by atoms with Crippen LogP contribution in [0.15, 0.2) is 89.8 Å². The van der Waals surface area contributed by atoms with E-state index in [1.165, 1.54) is 36.4 Å². The molecule has 0 bridgehead atoms. The minimum atomic E-state index is -4.14. The third-order valence-corrected chi connectivity index (χ3v) is 5.31. The van der Waals surface area contributed by atoms with Crippen LogP contribution in [0.2, 0.25) is 5.02 Å². The lowest BCUT2D eigenvalue weighted by Crippen LogP contribution is -2.33. The molecule has 0 radical (unpaired) electrons. The van der Waals surface area contributed by atoms with Gasteiger partial charge in [0, 0.05) is 5.02 Å². The molecule has 5 nitrogen and oxygen atoms in total. The van der Waals surface area contributed by atoms with Crippen molar-refractivity contribution in [3.8, 4) is 0 Å². The summed E-state index contributed by atoms with van der Waals surface area (Å²) < 4.78 is 26.6. The Morgan fingerprint density at radius 2 is 1.35 bits per heavy atom. The number of anilines is 1. The van der Waals surface area contributed by atoms with Crippen molar-refractivity contribution >= 4 is 33.3 Å². The van der Waals surface area contributed by atoms with Crippen molar-refractivity contribution in [2.45, 2.75) is 4.90 Å². The molecule has 3 rings (SSSR count). The molecule has 0 heterocycles. The second-order valence-corrected chi connectivity index (χ2v) is 7.46. The van der Waals surface area contributed by atoms with E-state index in [1.807, 2.05) is 0 Å². The molecule has 0 unspecified atom stereocenters. The van der Waals surface area contributed by atoms with Gasteiger partial charge < -0.3 is 4.84 Å². The van der Waals surface area contributed by atoms with Gasteiger partial charge in [0.25, 0.3) is 10.0 Å². The second-order valence-electron chi connectivity index (χ2n) is 5.27. The van der Waals surface area contributed by atoms with E-state index in [1.54, 1.807) is 48.5 Å². The molecule has 3 aromatic rings. The van der Waals surface area contributed by atoms with Crippen LogP contribution in [0.25, 0.3) is 0 Å². The van der Waals surface area contributed by atoms with Gasteiger partial charge in [0.2, 0.25) is 0 Å². The summed E-state index contributed by atoms with van der Waals surface area (Å²) in [6, 6.07) is 21.9. The SMILES string of the molecule is O=C(ON(c1ccccc1)S(=O)(=O)c1ccc(Cl)cc1)c1ccccc1. The van der Waals surface area contributed by atoms with E-state index >= 15 is 0 Å². The van der Waals surface area contributed by atoms with E-state index in [4.69, 9.17) is 16.4 Å². The number of benzene rings is 3. The first-order chi connectivity index (χ1) is 12.5. The van der Waals surface area contributed by atoms with Crippen LogP contribution in [-0.2, 0) is 14.9 Å². The van der Waals surface area contributed by atoms with Gasteiger partial charge in [-0.2, -0.15) is 8.42 Å². The van der Waals surface area contributed by atoms with Gasteiger partial charge in [-0.05, 0) is 48.5 Å². The maximum Gasteiger partial charge on any atom is 0.364 e. The Morgan fingerprint density at radius 1 is 0.808 bits per heavy atom. The lowest BCUT2D eigenvalue weighted by Gasteiger charge is -2.22. The zero-order valence-corrected chi connectivity index (χ0v) is 15.0. The summed E-state index contributed by atoms with van der Waals surface area (Å²) in [4.78, 5) is 17.6. The summed E-state index contributed by atoms with van der Waals surface area (Å²) in [7, 11) is -4.14. The molecule has 0 amide bonds. The molecule has 3 aromatic carbocycles. The number of halogens is 1. The molecule has 0 spiro atoms. The van der Waals surface area contributed by atoms with Crippen LogP contribution in [0.3, 0.4) is 0 Å². The predicted molar refractivity (Wildman–Crippen MR) is 99.4 cm³/mol. The highest BCUT2D eigenvalue weighted by atomic mass is 35.5.